The second-order valence-electron chi connectivity index (χ2n) is 8.06. The molecule has 1 aliphatic heterocycles. The molecule has 11 heteroatoms. The molecular weight excluding hydrogens is 480 g/mol. The average Bonchev–Trinajstić information content (AvgIpc) is 2.79. The number of azo groups is 1. The molecule has 0 amide bonds. The van der Waals surface area contributed by atoms with Crippen molar-refractivity contribution >= 4 is 42.9 Å². The van der Waals surface area contributed by atoms with Crippen molar-refractivity contribution in [3.8, 4) is 5.75 Å². The van der Waals surface area contributed by atoms with Gasteiger partial charge in [0.05, 0.1) is 15.5 Å². The normalized spacial score (nSPS) is 16.6. The van der Waals surface area contributed by atoms with Crippen molar-refractivity contribution in [2.75, 3.05) is 6.26 Å². The number of phenols is 1. The smallest absolute Gasteiger partial charge is 0.143 e. The first-order chi connectivity index (χ1) is 16.2. The number of rotatable bonds is 9. The minimum atomic E-state index is -4.76. The van der Waals surface area contributed by atoms with Crippen LogP contribution in [0.5, 0.6) is 5.75 Å². The Kier molecular flexibility index (Phi) is 7.22. The third-order valence-corrected chi connectivity index (χ3v) is 8.10. The molecule has 0 radical (unpaired) electrons. The minimum absolute atomic E-state index is 0.0961. The van der Waals surface area contributed by atoms with Gasteiger partial charge in [0, 0.05) is 11.6 Å². The molecule has 0 unspecified atom stereocenters. The van der Waals surface area contributed by atoms with Crippen molar-refractivity contribution in [2.45, 2.75) is 48.8 Å². The summed E-state index contributed by atoms with van der Waals surface area (Å²) < 4.78 is 45.3. The zero-order valence-electron chi connectivity index (χ0n) is 18.8. The molecule has 4 rings (SSSR count). The van der Waals surface area contributed by atoms with Crippen LogP contribution in [0.3, 0.4) is 0 Å². The number of hydrogen-bond acceptors (Lipinski definition) is 9. The number of aromatic hydroxyl groups is 1. The van der Waals surface area contributed by atoms with E-state index in [-0.39, 0.29) is 16.3 Å². The Morgan fingerprint density at radius 3 is 2.35 bits per heavy atom. The Morgan fingerprint density at radius 1 is 1.00 bits per heavy atom. The molecule has 9 nitrogen and oxygen atoms in total. The van der Waals surface area contributed by atoms with Crippen LogP contribution in [-0.4, -0.2) is 24.3 Å². The first-order valence-electron chi connectivity index (χ1n) is 10.8. The average molecular weight is 506 g/mol. The number of fused-ring (bicyclic) bond motifs is 1. The summed E-state index contributed by atoms with van der Waals surface area (Å²) in [5.74, 6) is -0.175. The molecule has 1 aliphatic rings. The van der Waals surface area contributed by atoms with E-state index in [1.165, 1.54) is 43.0 Å². The van der Waals surface area contributed by atoms with E-state index in [1.807, 2.05) is 24.3 Å². The van der Waals surface area contributed by atoms with E-state index in [4.69, 9.17) is 8.67 Å². The number of unbranched alkanes of at least 4 members (excludes halogenated alkanes) is 3. The van der Waals surface area contributed by atoms with E-state index in [0.29, 0.717) is 16.5 Å². The zero-order chi connectivity index (χ0) is 24.3. The summed E-state index contributed by atoms with van der Waals surface area (Å²) in [6, 6.07) is 12.9. The molecule has 3 aromatic rings. The zero-order valence-corrected chi connectivity index (χ0v) is 20.4. The number of benzene rings is 3. The van der Waals surface area contributed by atoms with Gasteiger partial charge in [-0.05, 0) is 59.2 Å². The van der Waals surface area contributed by atoms with Crippen LogP contribution in [0.4, 0.5) is 11.4 Å². The van der Waals surface area contributed by atoms with Gasteiger partial charge in [0.1, 0.15) is 21.6 Å². The highest BCUT2D eigenvalue weighted by Crippen LogP contribution is 2.65. The summed E-state index contributed by atoms with van der Waals surface area (Å²) in [7, 11) is -7.27. The fourth-order valence-electron chi connectivity index (χ4n) is 3.69. The highest BCUT2D eigenvalue weighted by atomic mass is 32.3. The van der Waals surface area contributed by atoms with Gasteiger partial charge in [0.15, 0.2) is 0 Å². The fraction of sp³-hybridized carbons (Fsp3) is 0.304. The summed E-state index contributed by atoms with van der Waals surface area (Å²) in [5.41, 5.74) is 1.90. The molecule has 1 fully saturated rings. The van der Waals surface area contributed by atoms with Crippen molar-refractivity contribution in [3.05, 3.63) is 54.1 Å². The fourth-order valence-corrected chi connectivity index (χ4v) is 5.59. The van der Waals surface area contributed by atoms with E-state index in [0.717, 1.165) is 18.9 Å². The maximum absolute atomic E-state index is 11.7. The van der Waals surface area contributed by atoms with Gasteiger partial charge in [-0.1, -0.05) is 53.1 Å². The monoisotopic (exact) mass is 505 g/mol. The molecule has 3 aromatic carbocycles. The molecule has 1 heterocycles. The molecule has 182 valence electrons. The van der Waals surface area contributed by atoms with Crippen LogP contribution < -0.4 is 0 Å². The molecule has 0 atom stereocenters. The van der Waals surface area contributed by atoms with Gasteiger partial charge in [-0.25, -0.2) is 8.42 Å². The second-order valence-corrected chi connectivity index (χ2v) is 11.7. The van der Waals surface area contributed by atoms with Crippen molar-refractivity contribution in [1.29, 1.82) is 0 Å². The summed E-state index contributed by atoms with van der Waals surface area (Å²) in [6.45, 7) is 2.18. The van der Waals surface area contributed by atoms with Crippen molar-refractivity contribution in [2.24, 2.45) is 10.2 Å². The largest absolute Gasteiger partial charge is 0.744 e. The Morgan fingerprint density at radius 2 is 1.74 bits per heavy atom. The molecule has 0 aliphatic carbocycles. The lowest BCUT2D eigenvalue weighted by Crippen LogP contribution is -2.19. The summed E-state index contributed by atoms with van der Waals surface area (Å²) in [5, 5.41) is 24.2. The second kappa shape index (κ2) is 9.98. The number of aryl methyl sites for hydroxylation is 1. The standard InChI is InChI=1S/C23H26N2O7S2/c1-3-4-5-6-7-16-8-11-18(12-9-16)24-25-23-20(26)13-10-17-14-19(34(27,28)29)15-21(22(17)23)33(2)31-30-32-33/h8-15,26H,3-7H2,1-2H3,(H,27,28,29)/p-1. The van der Waals surface area contributed by atoms with E-state index < -0.39 is 25.6 Å². The Balaban J connectivity index is 1.71. The van der Waals surface area contributed by atoms with Gasteiger partial charge in [-0.15, -0.1) is 15.7 Å². The predicted molar refractivity (Wildman–Crippen MR) is 127 cm³/mol. The Labute approximate surface area is 199 Å². The molecule has 0 bridgehead atoms. The molecule has 0 spiro atoms. The van der Waals surface area contributed by atoms with Gasteiger partial charge in [0.2, 0.25) is 0 Å². The molecule has 0 saturated carbocycles. The lowest BCUT2D eigenvalue weighted by Gasteiger charge is -2.42. The SMILES string of the molecule is CCCCCCc1ccc(N=Nc2c(O)ccc3cc(S(=O)(=O)[O-])cc(S4(C)OOO4)c23)cc1. The first-order valence-corrected chi connectivity index (χ1v) is 14.1. The van der Waals surface area contributed by atoms with E-state index in [1.54, 1.807) is 6.26 Å². The van der Waals surface area contributed by atoms with Gasteiger partial charge in [-0.3, -0.25) is 0 Å². The maximum atomic E-state index is 11.7. The number of nitrogens with zero attached hydrogens (tertiary/aromatic N) is 2. The lowest BCUT2D eigenvalue weighted by atomic mass is 10.1. The highest BCUT2D eigenvalue weighted by molar-refractivity contribution is 8.25. The van der Waals surface area contributed by atoms with Crippen LogP contribution >= 0.6 is 10.6 Å². The molecule has 1 saturated heterocycles. The van der Waals surface area contributed by atoms with Crippen LogP contribution in [-0.2, 0) is 30.2 Å². The summed E-state index contributed by atoms with van der Waals surface area (Å²) in [6.07, 6.45) is 7.33. The predicted octanol–water partition coefficient (Wildman–Crippen LogP) is 6.50. The summed E-state index contributed by atoms with van der Waals surface area (Å²) in [4.78, 5) is -0.219. The number of phenolic OH excluding ortho intramolecular Hbond substituents is 1. The van der Waals surface area contributed by atoms with Crippen LogP contribution in [0.25, 0.3) is 10.8 Å². The summed E-state index contributed by atoms with van der Waals surface area (Å²) >= 11 is 0. The van der Waals surface area contributed by atoms with Gasteiger partial charge in [0.25, 0.3) is 0 Å². The minimum Gasteiger partial charge on any atom is -0.744 e. The molecule has 0 aromatic heterocycles. The van der Waals surface area contributed by atoms with Gasteiger partial charge in [-0.2, -0.15) is 5.11 Å². The van der Waals surface area contributed by atoms with Crippen LogP contribution in [0.1, 0.15) is 38.2 Å². The van der Waals surface area contributed by atoms with E-state index >= 15 is 0 Å². The van der Waals surface area contributed by atoms with Crippen LogP contribution in [0.15, 0.2) is 68.6 Å². The highest BCUT2D eigenvalue weighted by Gasteiger charge is 2.35. The lowest BCUT2D eigenvalue weighted by molar-refractivity contribution is -0.470. The van der Waals surface area contributed by atoms with Crippen molar-refractivity contribution in [1.82, 2.24) is 0 Å². The maximum Gasteiger partial charge on any atom is 0.143 e. The van der Waals surface area contributed by atoms with Crippen LogP contribution in [0, 0.1) is 0 Å². The Bertz CT molecular complexity index is 1320. The van der Waals surface area contributed by atoms with Crippen molar-refractivity contribution < 1.29 is 31.8 Å². The third kappa shape index (κ3) is 5.24. The number of hydrogen-bond donors (Lipinski definition) is 1. The quantitative estimate of drug-likeness (QED) is 0.152. The van der Waals surface area contributed by atoms with Gasteiger partial charge >= 0.3 is 0 Å². The van der Waals surface area contributed by atoms with Crippen molar-refractivity contribution in [3.63, 3.8) is 0 Å². The Hall–Kier alpha value is -2.54. The topological polar surface area (TPSA) is 130 Å². The van der Waals surface area contributed by atoms with Gasteiger partial charge < -0.3 is 9.66 Å². The third-order valence-electron chi connectivity index (χ3n) is 5.53. The first kappa shape index (κ1) is 24.6. The van der Waals surface area contributed by atoms with E-state index in [9.17, 15) is 18.1 Å². The molecule has 34 heavy (non-hydrogen) atoms. The molecular formula is C23H25N2O7S2-. The molecule has 1 N–H and O–H groups in total. The van der Waals surface area contributed by atoms with Crippen LogP contribution in [0.2, 0.25) is 0 Å². The van der Waals surface area contributed by atoms with E-state index in [2.05, 4.69) is 22.2 Å².